The second kappa shape index (κ2) is 17.3. The molecule has 0 aliphatic heterocycles. The molecular formula is C64H42N6. The largest absolute Gasteiger partial charge is 0.277 e. The third kappa shape index (κ3) is 7.23. The van der Waals surface area contributed by atoms with E-state index in [1.807, 2.05) is 60.7 Å². The molecule has 0 radical (unpaired) electrons. The summed E-state index contributed by atoms with van der Waals surface area (Å²) in [5.41, 5.74) is 19.0. The highest BCUT2D eigenvalue weighted by atomic mass is 15.2. The van der Waals surface area contributed by atoms with Crippen LogP contribution in [0.2, 0.25) is 0 Å². The van der Waals surface area contributed by atoms with E-state index in [0.29, 0.717) is 17.5 Å². The van der Waals surface area contributed by atoms with Gasteiger partial charge in [0.25, 0.3) is 0 Å². The molecule has 13 rings (SSSR count). The van der Waals surface area contributed by atoms with Crippen molar-refractivity contribution in [2.75, 3.05) is 0 Å². The zero-order valence-corrected chi connectivity index (χ0v) is 37.9. The number of benzene rings is 10. The van der Waals surface area contributed by atoms with Crippen molar-refractivity contribution in [3.8, 4) is 95.5 Å². The molecule has 0 fully saturated rings. The molecule has 0 N–H and O–H groups in total. The van der Waals surface area contributed by atoms with Crippen LogP contribution in [0, 0.1) is 0 Å². The Bertz CT molecular complexity index is 3900. The Morgan fingerprint density at radius 1 is 0.243 bits per heavy atom. The first-order valence-corrected chi connectivity index (χ1v) is 23.6. The fourth-order valence-corrected chi connectivity index (χ4v) is 9.86. The zero-order chi connectivity index (χ0) is 46.4. The van der Waals surface area contributed by atoms with E-state index in [4.69, 9.17) is 19.9 Å². The van der Waals surface area contributed by atoms with E-state index in [1.165, 1.54) is 0 Å². The molecule has 0 aliphatic rings. The van der Waals surface area contributed by atoms with Crippen molar-refractivity contribution in [1.82, 2.24) is 28.9 Å². The lowest BCUT2D eigenvalue weighted by atomic mass is 9.92. The van der Waals surface area contributed by atoms with Gasteiger partial charge in [0.05, 0.1) is 27.8 Å². The van der Waals surface area contributed by atoms with E-state index in [1.54, 1.807) is 0 Å². The van der Waals surface area contributed by atoms with Gasteiger partial charge in [-0.2, -0.15) is 0 Å². The molecule has 70 heavy (non-hydrogen) atoms. The molecule has 0 saturated carbocycles. The molecule has 10 aromatic carbocycles. The molecule has 0 saturated heterocycles. The number of hydrogen-bond acceptors (Lipinski definition) is 4. The van der Waals surface area contributed by atoms with Crippen LogP contribution in [0.1, 0.15) is 0 Å². The van der Waals surface area contributed by atoms with Gasteiger partial charge in [-0.3, -0.25) is 8.97 Å². The summed E-state index contributed by atoms with van der Waals surface area (Å²) in [6.07, 6.45) is 0. The minimum atomic E-state index is 0.607. The highest BCUT2D eigenvalue weighted by Gasteiger charge is 2.24. The smallest absolute Gasteiger partial charge is 0.220 e. The summed E-state index contributed by atoms with van der Waals surface area (Å²) >= 11 is 0. The predicted molar refractivity (Wildman–Crippen MR) is 286 cm³/mol. The lowest BCUT2D eigenvalue weighted by molar-refractivity contribution is 1.07. The Hall–Kier alpha value is -9.52. The molecule has 13 aromatic rings. The summed E-state index contributed by atoms with van der Waals surface area (Å²) in [6, 6.07) is 89.5. The van der Waals surface area contributed by atoms with Gasteiger partial charge in [-0.05, 0) is 74.8 Å². The van der Waals surface area contributed by atoms with Gasteiger partial charge in [-0.1, -0.05) is 224 Å². The van der Waals surface area contributed by atoms with Crippen LogP contribution in [0.4, 0.5) is 0 Å². The molecule has 6 nitrogen and oxygen atoms in total. The van der Waals surface area contributed by atoms with Crippen LogP contribution in [-0.4, -0.2) is 28.9 Å². The van der Waals surface area contributed by atoms with E-state index >= 15 is 0 Å². The maximum atomic E-state index is 5.51. The fraction of sp³-hybridized carbons (Fsp3) is 0. The van der Waals surface area contributed by atoms with Crippen LogP contribution in [0.25, 0.3) is 123 Å². The molecule has 0 aliphatic carbocycles. The van der Waals surface area contributed by atoms with Gasteiger partial charge >= 0.3 is 0 Å². The van der Waals surface area contributed by atoms with Crippen LogP contribution in [-0.2, 0) is 0 Å². The number of para-hydroxylation sites is 1. The molecule has 6 heteroatoms. The van der Waals surface area contributed by atoms with Crippen molar-refractivity contribution in [2.24, 2.45) is 0 Å². The van der Waals surface area contributed by atoms with Crippen molar-refractivity contribution in [3.63, 3.8) is 0 Å². The molecule has 0 spiro atoms. The van der Waals surface area contributed by atoms with Gasteiger partial charge in [0.2, 0.25) is 5.78 Å². The highest BCUT2D eigenvalue weighted by Crippen LogP contribution is 2.43. The standard InChI is InChI=1S/C64H42N6/c1-7-20-43(21-8-1)49-35-38-56-58(41-49)69-59-42-50(36-39-57(59)70(64(69)65-56)60-53(44-22-9-2-10-23-44)32-19-33-54(60)45-24-11-3-12-25-45)52-37-34-51(40-55(52)46-26-13-4-14-27-46)63-67-61(47-28-15-5-16-29-47)66-62(68-63)48-30-17-6-18-31-48/h1-42H. The molecular weight excluding hydrogens is 853 g/mol. The Morgan fingerprint density at radius 3 is 1.23 bits per heavy atom. The lowest BCUT2D eigenvalue weighted by Gasteiger charge is -2.18. The van der Waals surface area contributed by atoms with E-state index in [0.717, 1.165) is 106 Å². The summed E-state index contributed by atoms with van der Waals surface area (Å²) in [4.78, 5) is 20.7. The molecule has 0 amide bonds. The maximum Gasteiger partial charge on any atom is 0.220 e. The first kappa shape index (κ1) is 40.7. The lowest BCUT2D eigenvalue weighted by Crippen LogP contribution is -2.01. The van der Waals surface area contributed by atoms with Gasteiger partial charge in [-0.15, -0.1) is 0 Å². The zero-order valence-electron chi connectivity index (χ0n) is 37.9. The average molecular weight is 895 g/mol. The predicted octanol–water partition coefficient (Wildman–Crippen LogP) is 16.0. The Kier molecular flexibility index (Phi) is 10.1. The molecule has 0 atom stereocenters. The minimum absolute atomic E-state index is 0.607. The normalized spacial score (nSPS) is 11.4. The van der Waals surface area contributed by atoms with Gasteiger partial charge in [-0.25, -0.2) is 19.9 Å². The maximum absolute atomic E-state index is 5.51. The fourth-order valence-electron chi connectivity index (χ4n) is 9.86. The monoisotopic (exact) mass is 894 g/mol. The molecule has 3 aromatic heterocycles. The van der Waals surface area contributed by atoms with E-state index in [-0.39, 0.29) is 0 Å². The number of nitrogens with zero attached hydrogens (tertiary/aromatic N) is 6. The van der Waals surface area contributed by atoms with Gasteiger partial charge in [0.1, 0.15) is 0 Å². The first-order chi connectivity index (χ1) is 34.7. The third-order valence-electron chi connectivity index (χ3n) is 13.2. The molecule has 0 bridgehead atoms. The summed E-state index contributed by atoms with van der Waals surface area (Å²) in [6.45, 7) is 0. The van der Waals surface area contributed by atoms with E-state index < -0.39 is 0 Å². The first-order valence-electron chi connectivity index (χ1n) is 23.6. The van der Waals surface area contributed by atoms with Gasteiger partial charge < -0.3 is 0 Å². The van der Waals surface area contributed by atoms with Crippen LogP contribution in [0.5, 0.6) is 0 Å². The Balaban J connectivity index is 1.07. The van der Waals surface area contributed by atoms with Crippen LogP contribution >= 0.6 is 0 Å². The van der Waals surface area contributed by atoms with Gasteiger partial charge in [0, 0.05) is 27.8 Å². The van der Waals surface area contributed by atoms with Crippen molar-refractivity contribution < 1.29 is 0 Å². The van der Waals surface area contributed by atoms with Gasteiger partial charge in [0.15, 0.2) is 17.5 Å². The number of aromatic nitrogens is 6. The SMILES string of the molecule is c1ccc(-c2ccc3nc4n(-c5c(-c6ccccc6)cccc5-c5ccccc5)c5ccc(-c6ccc(-c7nc(-c8ccccc8)nc(-c8ccccc8)n7)cc6-c6ccccc6)cc5n4c3c2)cc1. The van der Waals surface area contributed by atoms with E-state index in [2.05, 4.69) is 203 Å². The van der Waals surface area contributed by atoms with Crippen molar-refractivity contribution in [1.29, 1.82) is 0 Å². The second-order valence-electron chi connectivity index (χ2n) is 17.5. The quantitative estimate of drug-likeness (QED) is 0.145. The van der Waals surface area contributed by atoms with Crippen LogP contribution in [0.15, 0.2) is 255 Å². The Morgan fingerprint density at radius 2 is 0.686 bits per heavy atom. The topological polar surface area (TPSA) is 60.9 Å². The summed E-state index contributed by atoms with van der Waals surface area (Å²) in [5, 5.41) is 0. The van der Waals surface area contributed by atoms with Crippen LogP contribution in [0.3, 0.4) is 0 Å². The molecule has 3 heterocycles. The highest BCUT2D eigenvalue weighted by molar-refractivity contribution is 6.00. The minimum Gasteiger partial charge on any atom is -0.277 e. The number of rotatable bonds is 9. The van der Waals surface area contributed by atoms with E-state index in [9.17, 15) is 0 Å². The number of imidazole rings is 2. The summed E-state index contributed by atoms with van der Waals surface area (Å²) < 4.78 is 4.73. The number of fused-ring (bicyclic) bond motifs is 5. The summed E-state index contributed by atoms with van der Waals surface area (Å²) in [5.74, 6) is 2.70. The average Bonchev–Trinajstić information content (AvgIpc) is 3.98. The Labute approximate surface area is 405 Å². The van der Waals surface area contributed by atoms with Crippen molar-refractivity contribution >= 4 is 27.8 Å². The molecule has 0 unspecified atom stereocenters. The third-order valence-corrected chi connectivity index (χ3v) is 13.2. The molecule has 328 valence electrons. The number of hydrogen-bond donors (Lipinski definition) is 0. The summed E-state index contributed by atoms with van der Waals surface area (Å²) in [7, 11) is 0. The second-order valence-corrected chi connectivity index (χ2v) is 17.5. The van der Waals surface area contributed by atoms with Crippen molar-refractivity contribution in [3.05, 3.63) is 255 Å². The van der Waals surface area contributed by atoms with Crippen molar-refractivity contribution in [2.45, 2.75) is 0 Å². The van der Waals surface area contributed by atoms with Crippen LogP contribution < -0.4 is 0 Å².